The molecule has 0 fully saturated rings. The van der Waals surface area contributed by atoms with E-state index in [0.717, 1.165) is 34.2 Å². The van der Waals surface area contributed by atoms with Gasteiger partial charge in [-0.15, -0.1) is 11.8 Å². The molecular weight excluding hydrogens is 280 g/mol. The molecule has 1 N–H and O–H groups in total. The number of aromatic nitrogens is 1. The highest BCUT2D eigenvalue weighted by atomic mass is 32.2. The number of aliphatic imine (C=N–C) groups is 1. The van der Waals surface area contributed by atoms with Crippen molar-refractivity contribution in [2.24, 2.45) is 4.99 Å². The van der Waals surface area contributed by atoms with Gasteiger partial charge in [-0.1, -0.05) is 18.2 Å². The Balaban J connectivity index is 1.70. The molecule has 0 saturated heterocycles. The fourth-order valence-corrected chi connectivity index (χ4v) is 3.45. The van der Waals surface area contributed by atoms with Crippen molar-refractivity contribution in [3.05, 3.63) is 58.4 Å². The highest BCUT2D eigenvalue weighted by Crippen LogP contribution is 2.32. The maximum atomic E-state index is 9.18. The normalized spacial score (nSPS) is 13.2. The number of fused-ring (bicyclic) bond motifs is 1. The molecule has 2 heterocycles. The Labute approximate surface area is 129 Å². The first-order valence-corrected chi connectivity index (χ1v) is 7.99. The second-order valence-corrected chi connectivity index (χ2v) is 6.42. The second-order valence-electron chi connectivity index (χ2n) is 5.37. The predicted molar refractivity (Wildman–Crippen MR) is 88.2 cm³/mol. The molecule has 2 aromatic rings. The topological polar surface area (TPSA) is 45.5 Å². The van der Waals surface area contributed by atoms with E-state index in [0.29, 0.717) is 0 Å². The molecule has 0 bridgehead atoms. The Morgan fingerprint density at radius 2 is 2.10 bits per heavy atom. The van der Waals surface area contributed by atoms with Crippen LogP contribution in [0.25, 0.3) is 0 Å². The Bertz CT molecular complexity index is 710. The van der Waals surface area contributed by atoms with E-state index in [4.69, 9.17) is 0 Å². The molecule has 0 atom stereocenters. The number of rotatable bonds is 3. The number of aryl methyl sites for hydroxylation is 2. The summed E-state index contributed by atoms with van der Waals surface area (Å²) in [6, 6.07) is 8.17. The fourth-order valence-electron chi connectivity index (χ4n) is 2.43. The van der Waals surface area contributed by atoms with Crippen LogP contribution in [0.3, 0.4) is 0 Å². The summed E-state index contributed by atoms with van der Waals surface area (Å²) in [5.74, 6) is 0.853. The summed E-state index contributed by atoms with van der Waals surface area (Å²) >= 11 is 1.75. The van der Waals surface area contributed by atoms with Gasteiger partial charge < -0.3 is 5.11 Å². The molecule has 4 heteroatoms. The lowest BCUT2D eigenvalue weighted by atomic mass is 10.1. The van der Waals surface area contributed by atoms with Gasteiger partial charge in [-0.3, -0.25) is 4.98 Å². The molecule has 1 aliphatic heterocycles. The van der Waals surface area contributed by atoms with Crippen molar-refractivity contribution in [1.29, 1.82) is 0 Å². The van der Waals surface area contributed by atoms with Gasteiger partial charge in [-0.05, 0) is 42.2 Å². The van der Waals surface area contributed by atoms with Crippen LogP contribution in [0.1, 0.15) is 27.9 Å². The smallest absolute Gasteiger partial charge is 0.0787 e. The van der Waals surface area contributed by atoms with Gasteiger partial charge in [0.2, 0.25) is 0 Å². The predicted octanol–water partition coefficient (Wildman–Crippen LogP) is 3.71. The maximum absolute atomic E-state index is 9.18. The van der Waals surface area contributed by atoms with Crippen LogP contribution in [0.15, 0.2) is 35.5 Å². The van der Waals surface area contributed by atoms with E-state index in [-0.39, 0.29) is 6.61 Å². The van der Waals surface area contributed by atoms with Gasteiger partial charge in [0.05, 0.1) is 23.0 Å². The zero-order chi connectivity index (χ0) is 14.8. The zero-order valence-electron chi connectivity index (χ0n) is 12.3. The molecule has 3 nitrogen and oxygen atoms in total. The van der Waals surface area contributed by atoms with Crippen LogP contribution in [0.5, 0.6) is 0 Å². The number of aliphatic hydroxyl groups is 1. The summed E-state index contributed by atoms with van der Waals surface area (Å²) in [6.45, 7) is 4.24. The van der Waals surface area contributed by atoms with Crippen LogP contribution in [0.2, 0.25) is 0 Å². The van der Waals surface area contributed by atoms with Crippen LogP contribution in [0.4, 0.5) is 5.69 Å². The Morgan fingerprint density at radius 1 is 1.24 bits per heavy atom. The van der Waals surface area contributed by atoms with Crippen molar-refractivity contribution in [3.63, 3.8) is 0 Å². The quantitative estimate of drug-likeness (QED) is 0.939. The largest absolute Gasteiger partial charge is 0.392 e. The van der Waals surface area contributed by atoms with Gasteiger partial charge in [0.25, 0.3) is 0 Å². The minimum Gasteiger partial charge on any atom is -0.392 e. The number of nitrogens with zero attached hydrogens (tertiary/aromatic N) is 2. The lowest BCUT2D eigenvalue weighted by Crippen LogP contribution is -1.97. The first-order valence-electron chi connectivity index (χ1n) is 7.01. The molecule has 3 rings (SSSR count). The van der Waals surface area contributed by atoms with Gasteiger partial charge in [-0.2, -0.15) is 0 Å². The molecule has 108 valence electrons. The number of hydrogen-bond donors (Lipinski definition) is 1. The van der Waals surface area contributed by atoms with Crippen molar-refractivity contribution in [3.8, 4) is 0 Å². The van der Waals surface area contributed by atoms with E-state index in [1.165, 1.54) is 16.7 Å². The first kappa shape index (κ1) is 14.3. The van der Waals surface area contributed by atoms with Crippen LogP contribution in [-0.2, 0) is 18.8 Å². The third-order valence-electron chi connectivity index (χ3n) is 3.62. The zero-order valence-corrected chi connectivity index (χ0v) is 13.1. The second kappa shape index (κ2) is 6.00. The van der Waals surface area contributed by atoms with Crippen molar-refractivity contribution in [2.75, 3.05) is 0 Å². The van der Waals surface area contributed by atoms with E-state index >= 15 is 0 Å². The van der Waals surface area contributed by atoms with Gasteiger partial charge in [0.15, 0.2) is 0 Å². The van der Waals surface area contributed by atoms with Crippen LogP contribution < -0.4 is 0 Å². The van der Waals surface area contributed by atoms with E-state index in [2.05, 4.69) is 36.0 Å². The highest BCUT2D eigenvalue weighted by molar-refractivity contribution is 8.13. The van der Waals surface area contributed by atoms with Gasteiger partial charge >= 0.3 is 0 Å². The monoisotopic (exact) mass is 298 g/mol. The molecule has 21 heavy (non-hydrogen) atoms. The van der Waals surface area contributed by atoms with E-state index in [9.17, 15) is 5.11 Å². The summed E-state index contributed by atoms with van der Waals surface area (Å²) in [6.07, 6.45) is 2.80. The van der Waals surface area contributed by atoms with Crippen LogP contribution in [-0.4, -0.2) is 15.1 Å². The summed E-state index contributed by atoms with van der Waals surface area (Å²) in [4.78, 5) is 9.17. The lowest BCUT2D eigenvalue weighted by Gasteiger charge is -2.05. The van der Waals surface area contributed by atoms with Crippen LogP contribution in [0, 0.1) is 13.8 Å². The Morgan fingerprint density at radius 3 is 2.86 bits per heavy atom. The standard InChI is InChI=1S/C17H18N2OS/c1-11-5-12(2)16(18-8-11)10-21-17-7-14-4-3-13(9-20)6-15(14)19-17/h3-6,8,20H,7,9-10H2,1-2H3. The average molecular weight is 298 g/mol. The summed E-state index contributed by atoms with van der Waals surface area (Å²) < 4.78 is 0. The molecule has 1 aromatic heterocycles. The number of benzene rings is 1. The minimum atomic E-state index is 0.0672. The van der Waals surface area contributed by atoms with Gasteiger partial charge in [-0.25, -0.2) is 4.99 Å². The molecule has 0 aliphatic carbocycles. The van der Waals surface area contributed by atoms with E-state index in [1.54, 1.807) is 11.8 Å². The third-order valence-corrected chi connectivity index (χ3v) is 4.60. The Kier molecular flexibility index (Phi) is 4.08. The van der Waals surface area contributed by atoms with Gasteiger partial charge in [0, 0.05) is 18.4 Å². The molecule has 1 aromatic carbocycles. The molecule has 0 spiro atoms. The lowest BCUT2D eigenvalue weighted by molar-refractivity contribution is 0.282. The van der Waals surface area contributed by atoms with Crippen LogP contribution >= 0.6 is 11.8 Å². The number of pyridine rings is 1. The molecule has 0 amide bonds. The molecule has 0 saturated carbocycles. The number of thioether (sulfide) groups is 1. The fraction of sp³-hybridized carbons (Fsp3) is 0.294. The first-order chi connectivity index (χ1) is 10.2. The van der Waals surface area contributed by atoms with Gasteiger partial charge in [0.1, 0.15) is 0 Å². The average Bonchev–Trinajstić information content (AvgIpc) is 2.88. The molecule has 1 aliphatic rings. The highest BCUT2D eigenvalue weighted by Gasteiger charge is 2.15. The van der Waals surface area contributed by atoms with Crippen molar-refractivity contribution in [2.45, 2.75) is 32.6 Å². The van der Waals surface area contributed by atoms with Crippen molar-refractivity contribution in [1.82, 2.24) is 4.98 Å². The SMILES string of the molecule is Cc1cnc(CSC2=Nc3cc(CO)ccc3C2)c(C)c1. The molecule has 0 radical (unpaired) electrons. The summed E-state index contributed by atoms with van der Waals surface area (Å²) in [7, 11) is 0. The molecular formula is C17H18N2OS. The van der Waals surface area contributed by atoms with E-state index < -0.39 is 0 Å². The maximum Gasteiger partial charge on any atom is 0.0787 e. The number of aliphatic hydroxyl groups excluding tert-OH is 1. The summed E-state index contributed by atoms with van der Waals surface area (Å²) in [5.41, 5.74) is 6.71. The van der Waals surface area contributed by atoms with Crippen molar-refractivity contribution >= 4 is 22.5 Å². The van der Waals surface area contributed by atoms with Crippen molar-refractivity contribution < 1.29 is 5.11 Å². The summed E-state index contributed by atoms with van der Waals surface area (Å²) in [5, 5.41) is 10.3. The molecule has 0 unspecified atom stereocenters. The Hall–Kier alpha value is -1.65. The number of hydrogen-bond acceptors (Lipinski definition) is 4. The third kappa shape index (κ3) is 3.17. The van der Waals surface area contributed by atoms with E-state index in [1.807, 2.05) is 18.3 Å². The minimum absolute atomic E-state index is 0.0672.